The number of aromatic nitrogens is 2. The first-order valence-corrected chi connectivity index (χ1v) is 9.89. The number of esters is 1. The number of amides is 2. The molecule has 4 rings (SSSR count). The SMILES string of the molecule is COc1cccc(-c2nn(-c3ccccc3)cc2C(=O)OCC(=O)NC(=O)c2ccco2)c1. The molecule has 0 fully saturated rings. The minimum atomic E-state index is -0.789. The van der Waals surface area contributed by atoms with Crippen molar-refractivity contribution in [1.29, 1.82) is 0 Å². The number of ether oxygens (including phenoxy) is 2. The molecule has 0 spiro atoms. The third kappa shape index (κ3) is 4.99. The largest absolute Gasteiger partial charge is 0.497 e. The van der Waals surface area contributed by atoms with Crippen LogP contribution in [0.25, 0.3) is 16.9 Å². The molecule has 0 aliphatic heterocycles. The molecule has 166 valence electrons. The highest BCUT2D eigenvalue weighted by atomic mass is 16.5. The van der Waals surface area contributed by atoms with E-state index in [9.17, 15) is 14.4 Å². The van der Waals surface area contributed by atoms with Crippen molar-refractivity contribution in [2.24, 2.45) is 0 Å². The van der Waals surface area contributed by atoms with Crippen LogP contribution < -0.4 is 10.1 Å². The Morgan fingerprint density at radius 2 is 1.85 bits per heavy atom. The summed E-state index contributed by atoms with van der Waals surface area (Å²) < 4.78 is 16.9. The van der Waals surface area contributed by atoms with Crippen molar-refractivity contribution in [1.82, 2.24) is 15.1 Å². The van der Waals surface area contributed by atoms with Crippen LogP contribution in [0.1, 0.15) is 20.9 Å². The van der Waals surface area contributed by atoms with Crippen molar-refractivity contribution in [2.45, 2.75) is 0 Å². The third-order valence-corrected chi connectivity index (χ3v) is 4.63. The molecule has 0 aliphatic carbocycles. The number of nitrogens with one attached hydrogen (secondary N) is 1. The molecular formula is C24H19N3O6. The van der Waals surface area contributed by atoms with Crippen molar-refractivity contribution in [3.05, 3.63) is 90.5 Å². The van der Waals surface area contributed by atoms with Gasteiger partial charge in [-0.2, -0.15) is 5.10 Å². The van der Waals surface area contributed by atoms with Gasteiger partial charge in [0.05, 0.1) is 19.1 Å². The second-order valence-electron chi connectivity index (χ2n) is 6.83. The fourth-order valence-corrected chi connectivity index (χ4v) is 3.06. The van der Waals surface area contributed by atoms with Gasteiger partial charge in [-0.15, -0.1) is 0 Å². The molecule has 4 aromatic rings. The number of benzene rings is 2. The van der Waals surface area contributed by atoms with Gasteiger partial charge in [-0.3, -0.25) is 14.9 Å². The molecule has 0 unspecified atom stereocenters. The Morgan fingerprint density at radius 1 is 1.03 bits per heavy atom. The number of methoxy groups -OCH3 is 1. The second kappa shape index (κ2) is 9.65. The quantitative estimate of drug-likeness (QED) is 0.435. The van der Waals surface area contributed by atoms with Crippen LogP contribution >= 0.6 is 0 Å². The number of hydrogen-bond donors (Lipinski definition) is 1. The normalized spacial score (nSPS) is 10.5. The highest BCUT2D eigenvalue weighted by molar-refractivity contribution is 6.04. The van der Waals surface area contributed by atoms with Crippen molar-refractivity contribution >= 4 is 17.8 Å². The third-order valence-electron chi connectivity index (χ3n) is 4.63. The number of carbonyl (C=O) groups is 3. The average molecular weight is 445 g/mol. The van der Waals surface area contributed by atoms with Gasteiger partial charge in [0.1, 0.15) is 17.0 Å². The van der Waals surface area contributed by atoms with Crippen molar-refractivity contribution in [3.8, 4) is 22.7 Å². The van der Waals surface area contributed by atoms with Gasteiger partial charge in [0.15, 0.2) is 12.4 Å². The first-order chi connectivity index (χ1) is 16.0. The molecule has 33 heavy (non-hydrogen) atoms. The second-order valence-corrected chi connectivity index (χ2v) is 6.83. The summed E-state index contributed by atoms with van der Waals surface area (Å²) >= 11 is 0. The molecule has 0 saturated heterocycles. The maximum absolute atomic E-state index is 12.9. The van der Waals surface area contributed by atoms with Crippen molar-refractivity contribution in [2.75, 3.05) is 13.7 Å². The van der Waals surface area contributed by atoms with Crippen LogP contribution in [-0.2, 0) is 9.53 Å². The molecule has 0 atom stereocenters. The monoisotopic (exact) mass is 445 g/mol. The van der Waals surface area contributed by atoms with Crippen LogP contribution in [-0.4, -0.2) is 41.3 Å². The summed E-state index contributed by atoms with van der Waals surface area (Å²) in [5.41, 5.74) is 1.88. The average Bonchev–Trinajstić information content (AvgIpc) is 3.54. The van der Waals surface area contributed by atoms with Gasteiger partial charge in [0, 0.05) is 11.8 Å². The van der Waals surface area contributed by atoms with Crippen LogP contribution in [0.2, 0.25) is 0 Å². The molecule has 9 heteroatoms. The zero-order valence-corrected chi connectivity index (χ0v) is 17.6. The predicted octanol–water partition coefficient (Wildman–Crippen LogP) is 3.25. The molecular weight excluding hydrogens is 426 g/mol. The number of carbonyl (C=O) groups excluding carboxylic acids is 3. The fraction of sp³-hybridized carbons (Fsp3) is 0.0833. The first kappa shape index (κ1) is 21.6. The Bertz CT molecular complexity index is 1280. The summed E-state index contributed by atoms with van der Waals surface area (Å²) in [6.07, 6.45) is 2.84. The van der Waals surface area contributed by atoms with Gasteiger partial charge in [-0.05, 0) is 36.4 Å². The number of imide groups is 1. The number of nitrogens with zero attached hydrogens (tertiary/aromatic N) is 2. The van der Waals surface area contributed by atoms with Gasteiger partial charge in [-0.1, -0.05) is 30.3 Å². The lowest BCUT2D eigenvalue weighted by Gasteiger charge is -2.06. The zero-order valence-electron chi connectivity index (χ0n) is 17.6. The molecule has 9 nitrogen and oxygen atoms in total. The molecule has 2 amide bonds. The van der Waals surface area contributed by atoms with E-state index in [0.29, 0.717) is 17.0 Å². The molecule has 2 aromatic heterocycles. The molecule has 2 heterocycles. The van der Waals surface area contributed by atoms with Gasteiger partial charge in [0.2, 0.25) is 0 Å². The minimum Gasteiger partial charge on any atom is -0.497 e. The van der Waals surface area contributed by atoms with E-state index in [-0.39, 0.29) is 11.3 Å². The number of furan rings is 1. The molecule has 0 aliphatic rings. The smallest absolute Gasteiger partial charge is 0.342 e. The van der Waals surface area contributed by atoms with E-state index in [0.717, 1.165) is 5.69 Å². The summed E-state index contributed by atoms with van der Waals surface area (Å²) in [6.45, 7) is -0.653. The van der Waals surface area contributed by atoms with E-state index in [1.165, 1.54) is 24.6 Å². The first-order valence-electron chi connectivity index (χ1n) is 9.89. The Balaban J connectivity index is 1.56. The van der Waals surface area contributed by atoms with E-state index in [2.05, 4.69) is 10.4 Å². The van der Waals surface area contributed by atoms with Crippen molar-refractivity contribution < 1.29 is 28.3 Å². The number of para-hydroxylation sites is 1. The summed E-state index contributed by atoms with van der Waals surface area (Å²) in [6, 6.07) is 19.2. The predicted molar refractivity (Wildman–Crippen MR) is 117 cm³/mol. The van der Waals surface area contributed by atoms with Crippen LogP contribution in [0, 0.1) is 0 Å². The highest BCUT2D eigenvalue weighted by Gasteiger charge is 2.22. The maximum atomic E-state index is 12.9. The fourth-order valence-electron chi connectivity index (χ4n) is 3.06. The maximum Gasteiger partial charge on any atom is 0.342 e. The summed E-state index contributed by atoms with van der Waals surface area (Å²) in [5, 5.41) is 6.65. The van der Waals surface area contributed by atoms with E-state index in [1.54, 1.807) is 36.1 Å². The van der Waals surface area contributed by atoms with Gasteiger partial charge in [0.25, 0.3) is 11.8 Å². The molecule has 1 N–H and O–H groups in total. The van der Waals surface area contributed by atoms with Gasteiger partial charge >= 0.3 is 5.97 Å². The van der Waals surface area contributed by atoms with Crippen LogP contribution in [0.15, 0.2) is 83.6 Å². The standard InChI is InChI=1S/C24H19N3O6/c1-31-18-10-5-7-16(13-18)22-19(14-27(26-22)17-8-3-2-4-9-17)24(30)33-15-21(28)25-23(29)20-11-6-12-32-20/h2-14H,15H2,1H3,(H,25,28,29). The van der Waals surface area contributed by atoms with Crippen molar-refractivity contribution in [3.63, 3.8) is 0 Å². The van der Waals surface area contributed by atoms with E-state index < -0.39 is 24.4 Å². The molecule has 0 bridgehead atoms. The topological polar surface area (TPSA) is 113 Å². The Labute approximate surface area is 188 Å². The van der Waals surface area contributed by atoms with E-state index in [1.807, 2.05) is 30.3 Å². The van der Waals surface area contributed by atoms with Gasteiger partial charge in [-0.25, -0.2) is 9.48 Å². The Morgan fingerprint density at radius 3 is 2.58 bits per heavy atom. The Hall–Kier alpha value is -4.66. The van der Waals surface area contributed by atoms with Gasteiger partial charge < -0.3 is 13.9 Å². The van der Waals surface area contributed by atoms with Crippen LogP contribution in [0.5, 0.6) is 5.75 Å². The molecule has 0 radical (unpaired) electrons. The van der Waals surface area contributed by atoms with Crippen LogP contribution in [0.4, 0.5) is 0 Å². The molecule has 2 aromatic carbocycles. The van der Waals surface area contributed by atoms with Crippen LogP contribution in [0.3, 0.4) is 0 Å². The minimum absolute atomic E-state index is 0.0286. The lowest BCUT2D eigenvalue weighted by atomic mass is 10.1. The summed E-state index contributed by atoms with van der Waals surface area (Å²) in [5.74, 6) is -1.72. The van der Waals surface area contributed by atoms with E-state index >= 15 is 0 Å². The summed E-state index contributed by atoms with van der Waals surface area (Å²) in [7, 11) is 1.54. The number of hydrogen-bond acceptors (Lipinski definition) is 7. The Kier molecular flexibility index (Phi) is 6.31. The lowest BCUT2D eigenvalue weighted by Crippen LogP contribution is -2.34. The zero-order chi connectivity index (χ0) is 23.2. The lowest BCUT2D eigenvalue weighted by molar-refractivity contribution is -0.123. The molecule has 0 saturated carbocycles. The number of rotatable bonds is 7. The highest BCUT2D eigenvalue weighted by Crippen LogP contribution is 2.27. The summed E-state index contributed by atoms with van der Waals surface area (Å²) in [4.78, 5) is 36.8. The van der Waals surface area contributed by atoms with E-state index in [4.69, 9.17) is 13.9 Å².